The predicted molar refractivity (Wildman–Crippen MR) is 89.0 cm³/mol. The summed E-state index contributed by atoms with van der Waals surface area (Å²) < 4.78 is 26.5. The molecule has 1 N–H and O–H groups in total. The second-order valence-electron chi connectivity index (χ2n) is 4.84. The number of hydrogen-bond donors (Lipinski definition) is 1. The number of carbonyl (C=O) groups excluding carboxylic acids is 1. The molecule has 1 rings (SSSR count). The Labute approximate surface area is 134 Å². The van der Waals surface area contributed by atoms with Crippen molar-refractivity contribution in [3.63, 3.8) is 0 Å². The number of halogens is 1. The topological polar surface area (TPSA) is 66.5 Å². The standard InChI is InChI=1S/C14H21BrN2O3S/c1-4-9-21(19,20)16-7-8-17(12(3)18)14-6-5-11(2)10-13(14)15/h5-6,10,16H,4,7-9H2,1-3H3. The summed E-state index contributed by atoms with van der Waals surface area (Å²) in [4.78, 5) is 13.3. The van der Waals surface area contributed by atoms with Gasteiger partial charge in [-0.3, -0.25) is 4.79 Å². The maximum atomic E-state index is 11.8. The van der Waals surface area contributed by atoms with E-state index in [9.17, 15) is 13.2 Å². The summed E-state index contributed by atoms with van der Waals surface area (Å²) in [5.74, 6) is -0.0318. The van der Waals surface area contributed by atoms with Gasteiger partial charge in [0.15, 0.2) is 0 Å². The molecule has 118 valence electrons. The molecule has 0 radical (unpaired) electrons. The number of anilines is 1. The van der Waals surface area contributed by atoms with Crippen molar-refractivity contribution in [3.05, 3.63) is 28.2 Å². The molecule has 0 aliphatic carbocycles. The van der Waals surface area contributed by atoms with Crippen molar-refractivity contribution < 1.29 is 13.2 Å². The van der Waals surface area contributed by atoms with Crippen molar-refractivity contribution in [2.45, 2.75) is 27.2 Å². The molecule has 0 aliphatic heterocycles. The Morgan fingerprint density at radius 1 is 1.38 bits per heavy atom. The number of amides is 1. The molecule has 0 aliphatic rings. The average Bonchev–Trinajstić information content (AvgIpc) is 2.35. The van der Waals surface area contributed by atoms with Gasteiger partial charge in [-0.15, -0.1) is 0 Å². The van der Waals surface area contributed by atoms with Crippen LogP contribution in [-0.4, -0.2) is 33.2 Å². The summed E-state index contributed by atoms with van der Waals surface area (Å²) in [5, 5.41) is 0. The lowest BCUT2D eigenvalue weighted by molar-refractivity contribution is -0.116. The first-order chi connectivity index (χ1) is 9.76. The molecule has 0 unspecified atom stereocenters. The van der Waals surface area contributed by atoms with Crippen LogP contribution in [0.25, 0.3) is 0 Å². The Bertz CT molecular complexity index is 602. The third-order valence-corrected chi connectivity index (χ3v) is 5.13. The maximum absolute atomic E-state index is 11.8. The van der Waals surface area contributed by atoms with E-state index in [2.05, 4.69) is 20.7 Å². The van der Waals surface area contributed by atoms with Gasteiger partial charge in [-0.1, -0.05) is 13.0 Å². The second-order valence-corrected chi connectivity index (χ2v) is 7.62. The van der Waals surface area contributed by atoms with Gasteiger partial charge >= 0.3 is 0 Å². The predicted octanol–water partition coefficient (Wildman–Crippen LogP) is 2.44. The summed E-state index contributed by atoms with van der Waals surface area (Å²) in [6.07, 6.45) is 0.565. The molecule has 0 atom stereocenters. The number of sulfonamides is 1. The van der Waals surface area contributed by atoms with Crippen molar-refractivity contribution in [2.75, 3.05) is 23.7 Å². The van der Waals surface area contributed by atoms with Gasteiger partial charge in [-0.05, 0) is 47.0 Å². The van der Waals surface area contributed by atoms with E-state index in [1.807, 2.05) is 32.0 Å². The van der Waals surface area contributed by atoms with Crippen LogP contribution in [0.2, 0.25) is 0 Å². The maximum Gasteiger partial charge on any atom is 0.223 e. The molecule has 0 saturated carbocycles. The third kappa shape index (κ3) is 5.76. The van der Waals surface area contributed by atoms with E-state index in [0.717, 1.165) is 15.7 Å². The third-order valence-electron chi connectivity index (χ3n) is 2.90. The fraction of sp³-hybridized carbons (Fsp3) is 0.500. The van der Waals surface area contributed by atoms with Crippen molar-refractivity contribution in [1.29, 1.82) is 0 Å². The molecule has 0 spiro atoms. The highest BCUT2D eigenvalue weighted by molar-refractivity contribution is 9.10. The first-order valence-corrected chi connectivity index (χ1v) is 9.23. The highest BCUT2D eigenvalue weighted by Gasteiger charge is 2.16. The number of nitrogens with one attached hydrogen (secondary N) is 1. The minimum atomic E-state index is -3.25. The van der Waals surface area contributed by atoms with Crippen LogP contribution in [-0.2, 0) is 14.8 Å². The largest absolute Gasteiger partial charge is 0.310 e. The molecule has 1 aromatic rings. The van der Waals surface area contributed by atoms with E-state index >= 15 is 0 Å². The average molecular weight is 377 g/mol. The van der Waals surface area contributed by atoms with Gasteiger partial charge in [-0.2, -0.15) is 0 Å². The van der Waals surface area contributed by atoms with Crippen LogP contribution in [0.15, 0.2) is 22.7 Å². The number of hydrogen-bond acceptors (Lipinski definition) is 3. The Balaban J connectivity index is 2.78. The van der Waals surface area contributed by atoms with E-state index in [1.54, 1.807) is 4.90 Å². The molecule has 7 heteroatoms. The molecule has 0 heterocycles. The van der Waals surface area contributed by atoms with Crippen LogP contribution in [0.3, 0.4) is 0 Å². The van der Waals surface area contributed by atoms with Crippen LogP contribution in [0.1, 0.15) is 25.8 Å². The monoisotopic (exact) mass is 376 g/mol. The smallest absolute Gasteiger partial charge is 0.223 e. The Hall–Kier alpha value is -0.920. The molecule has 21 heavy (non-hydrogen) atoms. The number of rotatable bonds is 7. The quantitative estimate of drug-likeness (QED) is 0.794. The first kappa shape index (κ1) is 18.1. The molecular weight excluding hydrogens is 356 g/mol. The van der Waals surface area contributed by atoms with Crippen molar-refractivity contribution in [3.8, 4) is 0 Å². The summed E-state index contributed by atoms with van der Waals surface area (Å²) in [7, 11) is -3.25. The molecule has 1 aromatic carbocycles. The highest BCUT2D eigenvalue weighted by Crippen LogP contribution is 2.27. The van der Waals surface area contributed by atoms with Crippen molar-refractivity contribution >= 4 is 37.5 Å². The number of nitrogens with zero attached hydrogens (tertiary/aromatic N) is 1. The van der Waals surface area contributed by atoms with E-state index < -0.39 is 10.0 Å². The lowest BCUT2D eigenvalue weighted by Crippen LogP contribution is -2.38. The summed E-state index contributed by atoms with van der Waals surface area (Å²) >= 11 is 3.44. The first-order valence-electron chi connectivity index (χ1n) is 6.78. The number of aryl methyl sites for hydroxylation is 1. The van der Waals surface area contributed by atoms with E-state index in [1.165, 1.54) is 6.92 Å². The van der Waals surface area contributed by atoms with Crippen LogP contribution in [0.5, 0.6) is 0 Å². The minimum Gasteiger partial charge on any atom is -0.310 e. The lowest BCUT2D eigenvalue weighted by Gasteiger charge is -2.23. The van der Waals surface area contributed by atoms with E-state index in [-0.39, 0.29) is 18.2 Å². The van der Waals surface area contributed by atoms with Gasteiger partial charge in [0.2, 0.25) is 15.9 Å². The van der Waals surface area contributed by atoms with Crippen LogP contribution in [0, 0.1) is 6.92 Å². The van der Waals surface area contributed by atoms with Gasteiger partial charge in [0.25, 0.3) is 0 Å². The zero-order chi connectivity index (χ0) is 16.0. The molecule has 0 fully saturated rings. The highest BCUT2D eigenvalue weighted by atomic mass is 79.9. The van der Waals surface area contributed by atoms with Crippen molar-refractivity contribution in [2.24, 2.45) is 0 Å². The molecular formula is C14H21BrN2O3S. The summed E-state index contributed by atoms with van der Waals surface area (Å²) in [6.45, 7) is 5.73. The molecule has 0 aromatic heterocycles. The fourth-order valence-electron chi connectivity index (χ4n) is 1.93. The molecule has 1 amide bonds. The number of carbonyl (C=O) groups is 1. The second kappa shape index (κ2) is 7.91. The Morgan fingerprint density at radius 2 is 2.05 bits per heavy atom. The molecule has 0 saturated heterocycles. The number of benzene rings is 1. The summed E-state index contributed by atoms with van der Waals surface area (Å²) in [6, 6.07) is 5.69. The fourth-order valence-corrected chi connectivity index (χ4v) is 3.72. The summed E-state index contributed by atoms with van der Waals surface area (Å²) in [5.41, 5.74) is 1.82. The minimum absolute atomic E-state index is 0.0985. The SMILES string of the molecule is CCCS(=O)(=O)NCCN(C(C)=O)c1ccc(C)cc1Br. The molecule has 5 nitrogen and oxygen atoms in total. The normalized spacial score (nSPS) is 11.4. The van der Waals surface area contributed by atoms with Crippen LogP contribution >= 0.6 is 15.9 Å². The van der Waals surface area contributed by atoms with E-state index in [4.69, 9.17) is 0 Å². The van der Waals surface area contributed by atoms with E-state index in [0.29, 0.717) is 13.0 Å². The Morgan fingerprint density at radius 3 is 2.57 bits per heavy atom. The lowest BCUT2D eigenvalue weighted by atomic mass is 10.2. The van der Waals surface area contributed by atoms with Gasteiger partial charge in [0.1, 0.15) is 0 Å². The van der Waals surface area contributed by atoms with Gasteiger partial charge in [0.05, 0.1) is 11.4 Å². The van der Waals surface area contributed by atoms with Gasteiger partial charge in [0, 0.05) is 24.5 Å². The Kier molecular flexibility index (Phi) is 6.83. The van der Waals surface area contributed by atoms with Crippen molar-refractivity contribution in [1.82, 2.24) is 4.72 Å². The van der Waals surface area contributed by atoms with Crippen LogP contribution < -0.4 is 9.62 Å². The van der Waals surface area contributed by atoms with Crippen LogP contribution in [0.4, 0.5) is 5.69 Å². The van der Waals surface area contributed by atoms with Gasteiger partial charge < -0.3 is 4.90 Å². The zero-order valence-corrected chi connectivity index (χ0v) is 14.9. The van der Waals surface area contributed by atoms with Gasteiger partial charge in [-0.25, -0.2) is 13.1 Å². The molecule has 0 bridgehead atoms. The zero-order valence-electron chi connectivity index (χ0n) is 12.5.